The lowest BCUT2D eigenvalue weighted by Gasteiger charge is -2.22. The number of halogens is 1. The molecule has 1 aromatic carbocycles. The lowest BCUT2D eigenvalue weighted by Crippen LogP contribution is -2.26. The summed E-state index contributed by atoms with van der Waals surface area (Å²) in [6, 6.07) is 6.18. The van der Waals surface area contributed by atoms with E-state index in [9.17, 15) is 9.18 Å². The Bertz CT molecular complexity index is 637. The predicted octanol–water partition coefficient (Wildman–Crippen LogP) is 2.30. The van der Waals surface area contributed by atoms with Crippen LogP contribution in [0.2, 0.25) is 0 Å². The smallest absolute Gasteiger partial charge is 0.326 e. The van der Waals surface area contributed by atoms with Crippen molar-refractivity contribution in [3.63, 3.8) is 0 Å². The molecular weight excluding hydrogens is 291 g/mol. The lowest BCUT2D eigenvalue weighted by atomic mass is 10.0. The normalized spacial score (nSPS) is 14.1. The molecule has 0 aliphatic carbocycles. The summed E-state index contributed by atoms with van der Waals surface area (Å²) < 4.78 is 14.6. The molecule has 2 unspecified atom stereocenters. The summed E-state index contributed by atoms with van der Waals surface area (Å²) in [6.45, 7) is 4.42. The van der Waals surface area contributed by atoms with E-state index < -0.39 is 0 Å². The second kappa shape index (κ2) is 6.91. The average molecular weight is 310 g/mol. The van der Waals surface area contributed by atoms with E-state index in [4.69, 9.17) is 5.73 Å². The summed E-state index contributed by atoms with van der Waals surface area (Å²) in [5.41, 5.74) is 6.88. The molecule has 0 aliphatic rings. The van der Waals surface area contributed by atoms with Gasteiger partial charge in [-0.05, 0) is 31.0 Å². The number of rotatable bonds is 6. The third-order valence-corrected chi connectivity index (χ3v) is 4.73. The molecular formula is C14H19FN4OS. The Morgan fingerprint density at radius 3 is 2.62 bits per heavy atom. The van der Waals surface area contributed by atoms with Gasteiger partial charge in [-0.15, -0.1) is 5.10 Å². The largest absolute Gasteiger partial charge is 0.343 e. The summed E-state index contributed by atoms with van der Waals surface area (Å²) in [7, 11) is 0. The average Bonchev–Trinajstić information content (AvgIpc) is 2.85. The van der Waals surface area contributed by atoms with Gasteiger partial charge in [0.05, 0.1) is 5.25 Å². The fraction of sp³-hybridized carbons (Fsp3) is 0.429. The Morgan fingerprint density at radius 1 is 1.38 bits per heavy atom. The number of nitrogens with one attached hydrogen (secondary N) is 1. The van der Waals surface area contributed by atoms with Gasteiger partial charge in [-0.3, -0.25) is 4.57 Å². The summed E-state index contributed by atoms with van der Waals surface area (Å²) in [5, 5.41) is 7.00. The van der Waals surface area contributed by atoms with Gasteiger partial charge in [0, 0.05) is 12.6 Å². The van der Waals surface area contributed by atoms with Crippen LogP contribution in [-0.4, -0.2) is 20.8 Å². The first-order valence-electron chi connectivity index (χ1n) is 6.89. The van der Waals surface area contributed by atoms with Crippen LogP contribution >= 0.6 is 11.8 Å². The van der Waals surface area contributed by atoms with Crippen molar-refractivity contribution < 1.29 is 4.39 Å². The van der Waals surface area contributed by atoms with E-state index in [1.165, 1.54) is 23.9 Å². The predicted molar refractivity (Wildman–Crippen MR) is 81.8 cm³/mol. The summed E-state index contributed by atoms with van der Waals surface area (Å²) in [4.78, 5) is 11.6. The zero-order chi connectivity index (χ0) is 15.4. The minimum atomic E-state index is -0.280. The molecule has 1 heterocycles. The van der Waals surface area contributed by atoms with E-state index in [0.29, 0.717) is 11.7 Å². The van der Waals surface area contributed by atoms with Crippen LogP contribution in [0.3, 0.4) is 0 Å². The van der Waals surface area contributed by atoms with Gasteiger partial charge in [0.1, 0.15) is 5.82 Å². The first kappa shape index (κ1) is 15.8. The van der Waals surface area contributed by atoms with E-state index in [1.807, 2.05) is 13.8 Å². The van der Waals surface area contributed by atoms with Crippen LogP contribution in [0, 0.1) is 5.82 Å². The first-order chi connectivity index (χ1) is 10.1. The molecule has 1 aromatic heterocycles. The number of benzene rings is 1. The van der Waals surface area contributed by atoms with Crippen molar-refractivity contribution in [1.29, 1.82) is 0 Å². The minimum Gasteiger partial charge on any atom is -0.326 e. The van der Waals surface area contributed by atoms with Crippen LogP contribution in [0.4, 0.5) is 4.39 Å². The molecule has 0 saturated carbocycles. The highest BCUT2D eigenvalue weighted by molar-refractivity contribution is 7.99. The summed E-state index contributed by atoms with van der Waals surface area (Å²) in [6.07, 6.45) is 0.774. The molecule has 5 nitrogen and oxygen atoms in total. The third kappa shape index (κ3) is 3.54. The maximum Gasteiger partial charge on any atom is 0.343 e. The maximum atomic E-state index is 13.1. The number of nitrogens with two attached hydrogens (primary N) is 1. The van der Waals surface area contributed by atoms with Crippen LogP contribution in [0.25, 0.3) is 0 Å². The molecule has 21 heavy (non-hydrogen) atoms. The van der Waals surface area contributed by atoms with Crippen molar-refractivity contribution in [2.24, 2.45) is 5.73 Å². The molecule has 0 radical (unpaired) electrons. The molecule has 0 amide bonds. The Balaban J connectivity index is 2.32. The highest BCUT2D eigenvalue weighted by Crippen LogP contribution is 2.36. The maximum absolute atomic E-state index is 13.1. The second-order valence-corrected chi connectivity index (χ2v) is 5.83. The van der Waals surface area contributed by atoms with Gasteiger partial charge in [-0.25, -0.2) is 14.3 Å². The zero-order valence-corrected chi connectivity index (χ0v) is 12.9. The SMILES string of the molecule is CCC(N)C(Sc1n[nH]c(=O)n1CC)c1ccc(F)cc1. The molecule has 114 valence electrons. The van der Waals surface area contributed by atoms with E-state index in [0.717, 1.165) is 12.0 Å². The number of aromatic amines is 1. The van der Waals surface area contributed by atoms with E-state index in [2.05, 4.69) is 10.2 Å². The van der Waals surface area contributed by atoms with Crippen molar-refractivity contribution in [3.8, 4) is 0 Å². The second-order valence-electron chi connectivity index (χ2n) is 4.72. The Morgan fingerprint density at radius 2 is 2.05 bits per heavy atom. The Kier molecular flexibility index (Phi) is 5.19. The van der Waals surface area contributed by atoms with Crippen molar-refractivity contribution in [2.45, 2.75) is 43.3 Å². The quantitative estimate of drug-likeness (QED) is 0.803. The van der Waals surface area contributed by atoms with Crippen molar-refractivity contribution in [3.05, 3.63) is 46.1 Å². The molecule has 0 aliphatic heterocycles. The van der Waals surface area contributed by atoms with E-state index in [-0.39, 0.29) is 22.8 Å². The number of hydrogen-bond acceptors (Lipinski definition) is 4. The van der Waals surface area contributed by atoms with Gasteiger partial charge < -0.3 is 5.73 Å². The minimum absolute atomic E-state index is 0.0869. The number of hydrogen-bond donors (Lipinski definition) is 2. The van der Waals surface area contributed by atoms with Crippen LogP contribution in [-0.2, 0) is 6.54 Å². The number of nitrogens with zero attached hydrogens (tertiary/aromatic N) is 2. The summed E-state index contributed by atoms with van der Waals surface area (Å²) in [5.74, 6) is -0.280. The van der Waals surface area contributed by atoms with Crippen LogP contribution in [0.1, 0.15) is 31.1 Å². The highest BCUT2D eigenvalue weighted by atomic mass is 32.2. The van der Waals surface area contributed by atoms with Crippen molar-refractivity contribution in [1.82, 2.24) is 14.8 Å². The summed E-state index contributed by atoms with van der Waals surface area (Å²) >= 11 is 1.43. The lowest BCUT2D eigenvalue weighted by molar-refractivity contribution is 0.613. The number of thioether (sulfide) groups is 1. The molecule has 0 saturated heterocycles. The third-order valence-electron chi connectivity index (χ3n) is 3.33. The molecule has 2 atom stereocenters. The number of H-pyrrole nitrogens is 1. The van der Waals surface area contributed by atoms with E-state index in [1.54, 1.807) is 16.7 Å². The van der Waals surface area contributed by atoms with Crippen molar-refractivity contribution in [2.75, 3.05) is 0 Å². The van der Waals surface area contributed by atoms with Gasteiger partial charge in [0.2, 0.25) is 0 Å². The molecule has 2 aromatic rings. The highest BCUT2D eigenvalue weighted by Gasteiger charge is 2.23. The molecule has 0 fully saturated rings. The molecule has 7 heteroatoms. The van der Waals surface area contributed by atoms with Crippen LogP contribution in [0.15, 0.2) is 34.2 Å². The fourth-order valence-electron chi connectivity index (χ4n) is 2.05. The monoisotopic (exact) mass is 310 g/mol. The van der Waals surface area contributed by atoms with Crippen LogP contribution in [0.5, 0.6) is 0 Å². The van der Waals surface area contributed by atoms with Crippen molar-refractivity contribution >= 4 is 11.8 Å². The molecule has 0 bridgehead atoms. The van der Waals surface area contributed by atoms with Gasteiger partial charge in [-0.1, -0.05) is 30.8 Å². The van der Waals surface area contributed by atoms with Gasteiger partial charge in [0.25, 0.3) is 0 Å². The standard InChI is InChI=1S/C14H19FN4OS/c1-3-11(16)12(9-5-7-10(15)8-6-9)21-14-18-17-13(20)19(14)4-2/h5-8,11-12H,3-4,16H2,1-2H3,(H,17,20). The Hall–Kier alpha value is -1.60. The van der Waals surface area contributed by atoms with E-state index >= 15 is 0 Å². The Labute approximate surface area is 126 Å². The van der Waals surface area contributed by atoms with Gasteiger partial charge in [-0.2, -0.15) is 0 Å². The molecule has 0 spiro atoms. The number of aromatic nitrogens is 3. The van der Waals surface area contributed by atoms with Gasteiger partial charge in [0.15, 0.2) is 5.16 Å². The zero-order valence-electron chi connectivity index (χ0n) is 12.0. The van der Waals surface area contributed by atoms with Crippen LogP contribution < -0.4 is 11.4 Å². The molecule has 3 N–H and O–H groups in total. The molecule has 2 rings (SSSR count). The topological polar surface area (TPSA) is 76.7 Å². The first-order valence-corrected chi connectivity index (χ1v) is 7.77. The van der Waals surface area contributed by atoms with Gasteiger partial charge >= 0.3 is 5.69 Å². The fourth-order valence-corrected chi connectivity index (χ4v) is 3.38.